The topological polar surface area (TPSA) is 40.5 Å². The van der Waals surface area contributed by atoms with Crippen LogP contribution < -0.4 is 0 Å². The van der Waals surface area contributed by atoms with Gasteiger partial charge in [-0.1, -0.05) is 0 Å². The van der Waals surface area contributed by atoms with Crippen LogP contribution >= 0.6 is 25.3 Å². The Kier molecular flexibility index (Phi) is 7.42. The van der Waals surface area contributed by atoms with Gasteiger partial charge in [0.1, 0.15) is 0 Å². The lowest BCUT2D eigenvalue weighted by atomic mass is 10.3. The van der Waals surface area contributed by atoms with Crippen molar-refractivity contribution >= 4 is 32.7 Å². The molecule has 2 saturated carbocycles. The molecule has 2 N–H and O–H groups in total. The van der Waals surface area contributed by atoms with E-state index < -0.39 is 7.40 Å². The van der Waals surface area contributed by atoms with Crippen LogP contribution in [0.2, 0.25) is 0 Å². The van der Waals surface area contributed by atoms with Gasteiger partial charge in [-0.3, -0.25) is 4.32 Å². The maximum Gasteiger partial charge on any atom is 0.674 e. The molecule has 72 valence electrons. The summed E-state index contributed by atoms with van der Waals surface area (Å²) in [5, 5.41) is 15.4. The molecule has 0 aliphatic heterocycles. The first-order valence-corrected chi connectivity index (χ1v) is 4.92. The van der Waals surface area contributed by atoms with Crippen LogP contribution in [-0.4, -0.2) is 27.9 Å². The summed E-state index contributed by atoms with van der Waals surface area (Å²) in [6.45, 7) is 0. The fraction of sp³-hybridized carbons (Fsp3) is 1.00. The molecule has 0 atom stereocenters. The van der Waals surface area contributed by atoms with E-state index >= 15 is 0 Å². The number of halogens is 1. The van der Waals surface area contributed by atoms with E-state index in [-0.39, 0.29) is 0 Å². The summed E-state index contributed by atoms with van der Waals surface area (Å²) in [5.41, 5.74) is 0. The average Bonchev–Trinajstić information content (AvgIpc) is 2.72. The molecule has 0 spiro atoms. The van der Waals surface area contributed by atoms with Gasteiger partial charge in [0.25, 0.3) is 0 Å². The average molecular weight is 212 g/mol. The Balaban J connectivity index is 0.000000151. The molecule has 0 heterocycles. The molecule has 0 amide bonds. The Labute approximate surface area is 83.6 Å². The molecule has 0 radical (unpaired) electrons. The van der Waals surface area contributed by atoms with Gasteiger partial charge in [-0.05, 0) is 25.7 Å². The summed E-state index contributed by atoms with van der Waals surface area (Å²) >= 11 is 8.15. The monoisotopic (exact) mass is 212 g/mol. The normalized spacial score (nSPS) is 19.8. The van der Waals surface area contributed by atoms with E-state index in [9.17, 15) is 4.32 Å². The van der Waals surface area contributed by atoms with Gasteiger partial charge >= 0.3 is 7.40 Å². The van der Waals surface area contributed by atoms with E-state index in [1.807, 2.05) is 0 Å². The zero-order chi connectivity index (χ0) is 9.56. The van der Waals surface area contributed by atoms with Gasteiger partial charge < -0.3 is 10.0 Å². The molecule has 2 aliphatic rings. The van der Waals surface area contributed by atoms with Crippen molar-refractivity contribution in [1.29, 1.82) is 0 Å². The molecule has 2 aliphatic carbocycles. The Hall–Kier alpha value is 0.615. The first kappa shape index (κ1) is 12.6. The highest BCUT2D eigenvalue weighted by molar-refractivity contribution is 7.81. The second kappa shape index (κ2) is 7.06. The highest BCUT2D eigenvalue weighted by Crippen LogP contribution is 2.25. The van der Waals surface area contributed by atoms with Crippen LogP contribution in [0.4, 0.5) is 4.32 Å². The molecule has 0 unspecified atom stereocenters. The standard InChI is InChI=1S/2C3H6S.BFH2O2/c2*4-3-1-2-3;2-1(3)4/h2*3-4H,1-2H2;3-4H. The van der Waals surface area contributed by atoms with Crippen molar-refractivity contribution in [2.45, 2.75) is 36.2 Å². The summed E-state index contributed by atoms with van der Waals surface area (Å²) in [6, 6.07) is 0. The molecule has 0 saturated heterocycles. The fourth-order valence-electron chi connectivity index (χ4n) is 0.149. The van der Waals surface area contributed by atoms with Crippen molar-refractivity contribution < 1.29 is 14.4 Å². The van der Waals surface area contributed by atoms with Crippen LogP contribution in [0.5, 0.6) is 0 Å². The summed E-state index contributed by atoms with van der Waals surface area (Å²) in [7, 11) is -2.67. The third-order valence-electron chi connectivity index (χ3n) is 1.09. The number of rotatable bonds is 0. The van der Waals surface area contributed by atoms with Gasteiger partial charge in [-0.25, -0.2) is 0 Å². The van der Waals surface area contributed by atoms with E-state index in [0.29, 0.717) is 0 Å². The van der Waals surface area contributed by atoms with Crippen LogP contribution in [0.15, 0.2) is 0 Å². The Morgan fingerprint density at radius 3 is 1.08 bits per heavy atom. The number of hydrogen-bond donors (Lipinski definition) is 4. The first-order chi connectivity index (χ1) is 5.52. The summed E-state index contributed by atoms with van der Waals surface area (Å²) in [4.78, 5) is 0. The highest BCUT2D eigenvalue weighted by atomic mass is 32.1. The number of thiol groups is 2. The molecule has 0 aromatic rings. The zero-order valence-corrected chi connectivity index (χ0v) is 8.52. The third kappa shape index (κ3) is 22.4. The maximum atomic E-state index is 10.1. The molecule has 2 nitrogen and oxygen atoms in total. The zero-order valence-electron chi connectivity index (χ0n) is 6.73. The Morgan fingerprint density at radius 1 is 1.00 bits per heavy atom. The van der Waals surface area contributed by atoms with Crippen LogP contribution in [0.25, 0.3) is 0 Å². The van der Waals surface area contributed by atoms with E-state index in [1.165, 1.54) is 25.7 Å². The van der Waals surface area contributed by atoms with Crippen molar-refractivity contribution in [3.8, 4) is 0 Å². The predicted molar refractivity (Wildman–Crippen MR) is 55.3 cm³/mol. The molecule has 0 bridgehead atoms. The van der Waals surface area contributed by atoms with E-state index in [1.54, 1.807) is 0 Å². The number of hydrogen-bond acceptors (Lipinski definition) is 4. The quantitative estimate of drug-likeness (QED) is 0.358. The summed E-state index contributed by atoms with van der Waals surface area (Å²) in [5.74, 6) is 0. The largest absolute Gasteiger partial charge is 0.674 e. The minimum absolute atomic E-state index is 0.778. The molecule has 2 rings (SSSR count). The van der Waals surface area contributed by atoms with Crippen LogP contribution in [0.3, 0.4) is 0 Å². The summed E-state index contributed by atoms with van der Waals surface area (Å²) in [6.07, 6.45) is 5.40. The second-order valence-corrected chi connectivity index (χ2v) is 4.23. The highest BCUT2D eigenvalue weighted by Gasteiger charge is 2.14. The first-order valence-electron chi connectivity index (χ1n) is 3.88. The van der Waals surface area contributed by atoms with Crippen molar-refractivity contribution in [1.82, 2.24) is 0 Å². The fourth-order valence-corrected chi connectivity index (χ4v) is 0.447. The van der Waals surface area contributed by atoms with E-state index in [2.05, 4.69) is 25.3 Å². The van der Waals surface area contributed by atoms with Crippen molar-refractivity contribution in [3.63, 3.8) is 0 Å². The smallest absolute Gasteiger partial charge is 0.398 e. The van der Waals surface area contributed by atoms with E-state index in [4.69, 9.17) is 10.0 Å². The van der Waals surface area contributed by atoms with Gasteiger partial charge in [-0.2, -0.15) is 25.3 Å². The Bertz CT molecular complexity index is 97.0. The minimum Gasteiger partial charge on any atom is -0.398 e. The van der Waals surface area contributed by atoms with Crippen molar-refractivity contribution in [2.75, 3.05) is 0 Å². The Morgan fingerprint density at radius 2 is 1.08 bits per heavy atom. The third-order valence-corrected chi connectivity index (χ3v) is 2.13. The SMILES string of the molecule is OB(O)F.SC1CC1.SC1CC1. The molecular formula is C6H14BFO2S2. The maximum absolute atomic E-state index is 10.1. The molecule has 6 heteroatoms. The van der Waals surface area contributed by atoms with Crippen molar-refractivity contribution in [3.05, 3.63) is 0 Å². The second-order valence-electron chi connectivity index (χ2n) is 2.77. The predicted octanol–water partition coefficient (Wildman–Crippen LogP) is 1.08. The van der Waals surface area contributed by atoms with Crippen molar-refractivity contribution in [2.24, 2.45) is 0 Å². The summed E-state index contributed by atoms with van der Waals surface area (Å²) < 4.78 is 10.1. The van der Waals surface area contributed by atoms with Crippen LogP contribution in [-0.2, 0) is 0 Å². The lowest BCUT2D eigenvalue weighted by Crippen LogP contribution is -1.98. The van der Waals surface area contributed by atoms with Gasteiger partial charge in [0, 0.05) is 10.5 Å². The molecule has 0 aromatic heterocycles. The van der Waals surface area contributed by atoms with Gasteiger partial charge in [-0.15, -0.1) is 0 Å². The molecular weight excluding hydrogens is 198 g/mol. The minimum atomic E-state index is -2.67. The van der Waals surface area contributed by atoms with Gasteiger partial charge in [0.05, 0.1) is 0 Å². The van der Waals surface area contributed by atoms with Crippen LogP contribution in [0, 0.1) is 0 Å². The lowest BCUT2D eigenvalue weighted by molar-refractivity contribution is 0.340. The van der Waals surface area contributed by atoms with E-state index in [0.717, 1.165) is 10.5 Å². The molecule has 2 fully saturated rings. The lowest BCUT2D eigenvalue weighted by Gasteiger charge is -1.65. The molecule has 12 heavy (non-hydrogen) atoms. The van der Waals surface area contributed by atoms with Gasteiger partial charge in [0.2, 0.25) is 0 Å². The van der Waals surface area contributed by atoms with Crippen LogP contribution in [0.1, 0.15) is 25.7 Å². The van der Waals surface area contributed by atoms with Gasteiger partial charge in [0.15, 0.2) is 0 Å². The molecule has 0 aromatic carbocycles.